The molecule has 0 spiro atoms. The molecule has 1 atom stereocenters. The van der Waals surface area contributed by atoms with Crippen molar-refractivity contribution in [3.63, 3.8) is 0 Å². The Hall–Kier alpha value is -1.19. The first-order valence-corrected chi connectivity index (χ1v) is 5.63. The third kappa shape index (κ3) is 6.32. The highest BCUT2D eigenvalue weighted by molar-refractivity contribution is 5.87. The fourth-order valence-corrected chi connectivity index (χ4v) is 1.48. The van der Waals surface area contributed by atoms with Crippen molar-refractivity contribution in [2.24, 2.45) is 5.92 Å². The number of hydrogen-bond acceptors (Lipinski definition) is 3. The molecule has 0 aliphatic carbocycles. The molecular formula is C12H21NO3. The molecule has 0 heterocycles. The van der Waals surface area contributed by atoms with Crippen molar-refractivity contribution in [2.75, 3.05) is 0 Å². The van der Waals surface area contributed by atoms with Gasteiger partial charge in [0, 0.05) is 12.8 Å². The summed E-state index contributed by atoms with van der Waals surface area (Å²) in [5, 5.41) is 2.69. The van der Waals surface area contributed by atoms with Gasteiger partial charge in [0.05, 0.1) is 6.04 Å². The molecule has 0 aliphatic rings. The van der Waals surface area contributed by atoms with Crippen molar-refractivity contribution in [3.8, 4) is 0 Å². The molecule has 0 aliphatic heterocycles. The van der Waals surface area contributed by atoms with E-state index in [9.17, 15) is 14.4 Å². The molecule has 0 bridgehead atoms. The Balaban J connectivity index is 4.01. The first-order valence-electron chi connectivity index (χ1n) is 5.63. The zero-order valence-electron chi connectivity index (χ0n) is 10.5. The van der Waals surface area contributed by atoms with Crippen molar-refractivity contribution in [3.05, 3.63) is 0 Å². The topological polar surface area (TPSA) is 63.2 Å². The molecule has 4 heteroatoms. The first-order chi connectivity index (χ1) is 7.34. The minimum atomic E-state index is -0.412. The summed E-state index contributed by atoms with van der Waals surface area (Å²) >= 11 is 0. The highest BCUT2D eigenvalue weighted by Gasteiger charge is 2.20. The van der Waals surface area contributed by atoms with Crippen LogP contribution in [0, 0.1) is 5.92 Å². The maximum absolute atomic E-state index is 11.5. The van der Waals surface area contributed by atoms with Gasteiger partial charge in [-0.05, 0) is 26.2 Å². The van der Waals surface area contributed by atoms with E-state index in [4.69, 9.17) is 0 Å². The van der Waals surface area contributed by atoms with Crippen LogP contribution in [-0.2, 0) is 14.4 Å². The van der Waals surface area contributed by atoms with E-state index in [-0.39, 0.29) is 23.4 Å². The predicted molar refractivity (Wildman–Crippen MR) is 62.0 cm³/mol. The summed E-state index contributed by atoms with van der Waals surface area (Å²) in [7, 11) is 0. The van der Waals surface area contributed by atoms with Gasteiger partial charge in [0.2, 0.25) is 5.91 Å². The second-order valence-electron chi connectivity index (χ2n) is 4.46. The van der Waals surface area contributed by atoms with Crippen LogP contribution >= 0.6 is 0 Å². The summed E-state index contributed by atoms with van der Waals surface area (Å²) in [6.45, 7) is 6.76. The van der Waals surface area contributed by atoms with E-state index in [1.165, 1.54) is 13.8 Å². The summed E-state index contributed by atoms with van der Waals surface area (Å²) in [5.74, 6) is -0.0147. The van der Waals surface area contributed by atoms with Gasteiger partial charge >= 0.3 is 0 Å². The van der Waals surface area contributed by atoms with Gasteiger partial charge in [0.15, 0.2) is 5.78 Å². The SMILES string of the molecule is CC(=O)CCCC(=O)N[C@H](C(C)=O)C(C)C. The number of hydrogen-bond donors (Lipinski definition) is 1. The van der Waals surface area contributed by atoms with Crippen LogP contribution in [0.1, 0.15) is 47.0 Å². The molecule has 16 heavy (non-hydrogen) atoms. The molecule has 4 nitrogen and oxygen atoms in total. The fraction of sp³-hybridized carbons (Fsp3) is 0.750. The second-order valence-corrected chi connectivity index (χ2v) is 4.46. The van der Waals surface area contributed by atoms with Crippen LogP contribution in [0.15, 0.2) is 0 Å². The first kappa shape index (κ1) is 14.8. The van der Waals surface area contributed by atoms with Gasteiger partial charge < -0.3 is 10.1 Å². The Kier molecular flexibility index (Phi) is 6.61. The van der Waals surface area contributed by atoms with E-state index in [0.29, 0.717) is 19.3 Å². The van der Waals surface area contributed by atoms with Gasteiger partial charge in [0.1, 0.15) is 5.78 Å². The van der Waals surface area contributed by atoms with Crippen molar-refractivity contribution in [2.45, 2.75) is 53.0 Å². The normalized spacial score (nSPS) is 12.3. The number of carbonyl (C=O) groups is 3. The average molecular weight is 227 g/mol. The summed E-state index contributed by atoms with van der Waals surface area (Å²) in [4.78, 5) is 33.4. The molecule has 0 rings (SSSR count). The Labute approximate surface area is 96.8 Å². The van der Waals surface area contributed by atoms with Crippen LogP contribution in [0.4, 0.5) is 0 Å². The smallest absolute Gasteiger partial charge is 0.220 e. The quantitative estimate of drug-likeness (QED) is 0.716. The lowest BCUT2D eigenvalue weighted by Gasteiger charge is -2.19. The van der Waals surface area contributed by atoms with Crippen LogP contribution in [-0.4, -0.2) is 23.5 Å². The zero-order chi connectivity index (χ0) is 12.7. The summed E-state index contributed by atoms with van der Waals surface area (Å²) < 4.78 is 0. The number of ketones is 2. The van der Waals surface area contributed by atoms with E-state index in [2.05, 4.69) is 5.32 Å². The standard InChI is InChI=1S/C12H21NO3/c1-8(2)12(10(4)15)13-11(16)7-5-6-9(3)14/h8,12H,5-7H2,1-4H3,(H,13,16)/t12-/m0/s1. The van der Waals surface area contributed by atoms with Crippen LogP contribution < -0.4 is 5.32 Å². The lowest BCUT2D eigenvalue weighted by molar-refractivity contribution is -0.128. The summed E-state index contributed by atoms with van der Waals surface area (Å²) in [5.41, 5.74) is 0. The number of nitrogens with one attached hydrogen (secondary N) is 1. The maximum atomic E-state index is 11.5. The molecule has 0 saturated heterocycles. The zero-order valence-corrected chi connectivity index (χ0v) is 10.5. The van der Waals surface area contributed by atoms with Crippen molar-refractivity contribution in [1.82, 2.24) is 5.32 Å². The molecule has 1 amide bonds. The van der Waals surface area contributed by atoms with Gasteiger partial charge in [-0.2, -0.15) is 0 Å². The van der Waals surface area contributed by atoms with Gasteiger partial charge in [-0.3, -0.25) is 9.59 Å². The van der Waals surface area contributed by atoms with E-state index < -0.39 is 6.04 Å². The minimum absolute atomic E-state index is 0.0325. The highest BCUT2D eigenvalue weighted by Crippen LogP contribution is 2.04. The van der Waals surface area contributed by atoms with Gasteiger partial charge in [0.25, 0.3) is 0 Å². The Morgan fingerprint density at radius 3 is 2.00 bits per heavy atom. The molecule has 0 aromatic carbocycles. The van der Waals surface area contributed by atoms with E-state index in [1.807, 2.05) is 13.8 Å². The second kappa shape index (κ2) is 7.14. The Bertz CT molecular complexity index is 271. The van der Waals surface area contributed by atoms with Crippen LogP contribution in [0.2, 0.25) is 0 Å². The van der Waals surface area contributed by atoms with Gasteiger partial charge in [-0.25, -0.2) is 0 Å². The van der Waals surface area contributed by atoms with E-state index >= 15 is 0 Å². The fourth-order valence-electron chi connectivity index (χ4n) is 1.48. The van der Waals surface area contributed by atoms with Crippen LogP contribution in [0.5, 0.6) is 0 Å². The van der Waals surface area contributed by atoms with E-state index in [0.717, 1.165) is 0 Å². The lowest BCUT2D eigenvalue weighted by atomic mass is 10.0. The van der Waals surface area contributed by atoms with Gasteiger partial charge in [-0.1, -0.05) is 13.8 Å². The highest BCUT2D eigenvalue weighted by atomic mass is 16.2. The van der Waals surface area contributed by atoms with Crippen LogP contribution in [0.3, 0.4) is 0 Å². The predicted octanol–water partition coefficient (Wildman–Crippen LogP) is 1.48. The minimum Gasteiger partial charge on any atom is -0.346 e. The number of Topliss-reactive ketones (excluding diaryl/α,β-unsaturated/α-hetero) is 2. The molecule has 0 aromatic rings. The molecule has 0 radical (unpaired) electrons. The molecule has 1 N–H and O–H groups in total. The third-order valence-corrected chi connectivity index (χ3v) is 2.35. The third-order valence-electron chi connectivity index (χ3n) is 2.35. The molecule has 0 saturated carbocycles. The van der Waals surface area contributed by atoms with Crippen molar-refractivity contribution in [1.29, 1.82) is 0 Å². The molecule has 0 unspecified atom stereocenters. The van der Waals surface area contributed by atoms with E-state index in [1.54, 1.807) is 0 Å². The number of rotatable bonds is 7. The number of carbonyl (C=O) groups excluding carboxylic acids is 3. The molecular weight excluding hydrogens is 206 g/mol. The number of amides is 1. The monoisotopic (exact) mass is 227 g/mol. The van der Waals surface area contributed by atoms with Gasteiger partial charge in [-0.15, -0.1) is 0 Å². The van der Waals surface area contributed by atoms with Crippen molar-refractivity contribution < 1.29 is 14.4 Å². The molecule has 92 valence electrons. The Morgan fingerprint density at radius 1 is 1.06 bits per heavy atom. The summed E-state index contributed by atoms with van der Waals surface area (Å²) in [6, 6.07) is -0.412. The van der Waals surface area contributed by atoms with Crippen molar-refractivity contribution >= 4 is 17.5 Å². The average Bonchev–Trinajstić information content (AvgIpc) is 2.12. The molecule has 0 fully saturated rings. The maximum Gasteiger partial charge on any atom is 0.220 e. The summed E-state index contributed by atoms with van der Waals surface area (Å²) in [6.07, 6.45) is 1.26. The molecule has 0 aromatic heterocycles. The Morgan fingerprint density at radius 2 is 1.62 bits per heavy atom. The lowest BCUT2D eigenvalue weighted by Crippen LogP contribution is -2.43. The van der Waals surface area contributed by atoms with Crippen LogP contribution in [0.25, 0.3) is 0 Å². The largest absolute Gasteiger partial charge is 0.346 e.